The van der Waals surface area contributed by atoms with Crippen LogP contribution in [0.15, 0.2) is 18.2 Å². The van der Waals surface area contributed by atoms with E-state index in [9.17, 15) is 4.79 Å². The molecule has 0 spiro atoms. The lowest BCUT2D eigenvalue weighted by Crippen LogP contribution is -2.51. The third kappa shape index (κ3) is 2.88. The van der Waals surface area contributed by atoms with E-state index in [1.807, 2.05) is 30.9 Å². The Kier molecular flexibility index (Phi) is 4.39. The number of nitrogens with two attached hydrogens (primary N) is 1. The molecule has 5 heteroatoms. The van der Waals surface area contributed by atoms with E-state index in [1.54, 1.807) is 6.07 Å². The van der Waals surface area contributed by atoms with E-state index in [-0.39, 0.29) is 24.0 Å². The van der Waals surface area contributed by atoms with Crippen LogP contribution in [-0.2, 0) is 4.79 Å². The van der Waals surface area contributed by atoms with Crippen molar-refractivity contribution in [2.75, 3.05) is 0 Å². The van der Waals surface area contributed by atoms with E-state index in [2.05, 4.69) is 0 Å². The average molecular weight is 301 g/mol. The van der Waals surface area contributed by atoms with Crippen LogP contribution in [0.25, 0.3) is 0 Å². The number of benzene rings is 1. The molecule has 19 heavy (non-hydrogen) atoms. The van der Waals surface area contributed by atoms with Crippen molar-refractivity contribution in [1.82, 2.24) is 4.90 Å². The van der Waals surface area contributed by atoms with E-state index < -0.39 is 0 Å². The minimum absolute atomic E-state index is 0.0719. The fraction of sp³-hybridized carbons (Fsp3) is 0.500. The molecule has 0 saturated carbocycles. The average Bonchev–Trinajstić information content (AvgIpc) is 2.35. The van der Waals surface area contributed by atoms with Gasteiger partial charge in [0.15, 0.2) is 0 Å². The Morgan fingerprint density at radius 2 is 2.00 bits per heavy atom. The summed E-state index contributed by atoms with van der Waals surface area (Å²) in [6, 6.07) is 5.37. The fourth-order valence-corrected chi connectivity index (χ4v) is 2.96. The number of carbonyl (C=O) groups is 1. The van der Waals surface area contributed by atoms with Crippen molar-refractivity contribution in [2.45, 2.75) is 44.8 Å². The molecule has 0 aromatic heterocycles. The van der Waals surface area contributed by atoms with Gasteiger partial charge >= 0.3 is 0 Å². The lowest BCUT2D eigenvalue weighted by molar-refractivity contribution is -0.139. The molecule has 1 fully saturated rings. The molecule has 2 N–H and O–H groups in total. The van der Waals surface area contributed by atoms with Gasteiger partial charge in [-0.05, 0) is 38.0 Å². The Hall–Kier alpha value is -0.770. The summed E-state index contributed by atoms with van der Waals surface area (Å²) in [6.07, 6.45) is 1.21. The van der Waals surface area contributed by atoms with Crippen LogP contribution in [0, 0.1) is 0 Å². The predicted octanol–water partition coefficient (Wildman–Crippen LogP) is 3.39. The SMILES string of the molecule is CC(C)N1C(=O)CCC(N)C1c1ccc(Cl)c(Cl)c1. The monoisotopic (exact) mass is 300 g/mol. The van der Waals surface area contributed by atoms with Crippen LogP contribution in [0.5, 0.6) is 0 Å². The number of carbonyl (C=O) groups excluding carboxylic acids is 1. The molecular weight excluding hydrogens is 283 g/mol. The first-order valence-electron chi connectivity index (χ1n) is 6.43. The van der Waals surface area contributed by atoms with Gasteiger partial charge in [0.25, 0.3) is 0 Å². The maximum absolute atomic E-state index is 12.1. The van der Waals surface area contributed by atoms with E-state index in [1.165, 1.54) is 0 Å². The number of piperidine rings is 1. The largest absolute Gasteiger partial charge is 0.332 e. The second-order valence-corrected chi connectivity index (χ2v) is 6.03. The van der Waals surface area contributed by atoms with Gasteiger partial charge in [-0.25, -0.2) is 0 Å². The summed E-state index contributed by atoms with van der Waals surface area (Å²) < 4.78 is 0. The van der Waals surface area contributed by atoms with Gasteiger partial charge in [-0.3, -0.25) is 4.79 Å². The van der Waals surface area contributed by atoms with Crippen molar-refractivity contribution in [3.05, 3.63) is 33.8 Å². The quantitative estimate of drug-likeness (QED) is 0.910. The maximum atomic E-state index is 12.1. The van der Waals surface area contributed by atoms with Gasteiger partial charge in [0.1, 0.15) is 0 Å². The number of rotatable bonds is 2. The van der Waals surface area contributed by atoms with Crippen LogP contribution in [0.4, 0.5) is 0 Å². The summed E-state index contributed by atoms with van der Waals surface area (Å²) in [5, 5.41) is 1.00. The molecule has 2 atom stereocenters. The molecule has 3 nitrogen and oxygen atoms in total. The van der Waals surface area contributed by atoms with Crippen molar-refractivity contribution in [3.8, 4) is 0 Å². The maximum Gasteiger partial charge on any atom is 0.223 e. The molecular formula is C14H18Cl2N2O. The minimum Gasteiger partial charge on any atom is -0.332 e. The Morgan fingerprint density at radius 1 is 1.32 bits per heavy atom. The van der Waals surface area contributed by atoms with Crippen LogP contribution in [0.3, 0.4) is 0 Å². The van der Waals surface area contributed by atoms with Gasteiger partial charge in [0.2, 0.25) is 5.91 Å². The van der Waals surface area contributed by atoms with Crippen LogP contribution in [0.1, 0.15) is 38.3 Å². The van der Waals surface area contributed by atoms with Crippen molar-refractivity contribution < 1.29 is 4.79 Å². The van der Waals surface area contributed by atoms with Gasteiger partial charge < -0.3 is 10.6 Å². The highest BCUT2D eigenvalue weighted by Crippen LogP contribution is 2.35. The van der Waals surface area contributed by atoms with Crippen LogP contribution in [0.2, 0.25) is 10.0 Å². The molecule has 1 heterocycles. The summed E-state index contributed by atoms with van der Waals surface area (Å²) in [4.78, 5) is 14.0. The van der Waals surface area contributed by atoms with E-state index in [4.69, 9.17) is 28.9 Å². The topological polar surface area (TPSA) is 46.3 Å². The zero-order valence-electron chi connectivity index (χ0n) is 11.1. The third-order valence-electron chi connectivity index (χ3n) is 3.53. The van der Waals surface area contributed by atoms with Crippen LogP contribution < -0.4 is 5.73 Å². The third-order valence-corrected chi connectivity index (χ3v) is 4.27. The Balaban J connectivity index is 2.42. The number of likely N-dealkylation sites (tertiary alicyclic amines) is 1. The first-order chi connectivity index (χ1) is 8.91. The molecule has 1 aromatic rings. The normalized spacial score (nSPS) is 24.1. The second kappa shape index (κ2) is 5.70. The first kappa shape index (κ1) is 14.6. The van der Waals surface area contributed by atoms with E-state index in [0.29, 0.717) is 22.9 Å². The highest BCUT2D eigenvalue weighted by Gasteiger charge is 2.36. The van der Waals surface area contributed by atoms with Crippen LogP contribution >= 0.6 is 23.2 Å². The van der Waals surface area contributed by atoms with Crippen LogP contribution in [-0.4, -0.2) is 22.9 Å². The summed E-state index contributed by atoms with van der Waals surface area (Å²) in [5.41, 5.74) is 7.17. The van der Waals surface area contributed by atoms with Gasteiger partial charge in [0, 0.05) is 18.5 Å². The predicted molar refractivity (Wildman–Crippen MR) is 78.4 cm³/mol. The van der Waals surface area contributed by atoms with Crippen molar-refractivity contribution >= 4 is 29.1 Å². The fourth-order valence-electron chi connectivity index (χ4n) is 2.65. The Morgan fingerprint density at radius 3 is 2.58 bits per heavy atom. The number of amides is 1. The first-order valence-corrected chi connectivity index (χ1v) is 7.19. The Labute approximate surface area is 123 Å². The van der Waals surface area contributed by atoms with Crippen molar-refractivity contribution in [3.63, 3.8) is 0 Å². The minimum atomic E-state index is -0.129. The van der Waals surface area contributed by atoms with Gasteiger partial charge in [-0.1, -0.05) is 29.3 Å². The second-order valence-electron chi connectivity index (χ2n) is 5.22. The summed E-state index contributed by atoms with van der Waals surface area (Å²) >= 11 is 12.0. The zero-order chi connectivity index (χ0) is 14.2. The van der Waals surface area contributed by atoms with Gasteiger partial charge in [-0.2, -0.15) is 0 Å². The molecule has 0 bridgehead atoms. The molecule has 104 valence electrons. The smallest absolute Gasteiger partial charge is 0.223 e. The summed E-state index contributed by atoms with van der Waals surface area (Å²) in [6.45, 7) is 4.00. The van der Waals surface area contributed by atoms with E-state index >= 15 is 0 Å². The highest BCUT2D eigenvalue weighted by atomic mass is 35.5. The van der Waals surface area contributed by atoms with Crippen molar-refractivity contribution in [2.24, 2.45) is 5.73 Å². The molecule has 1 amide bonds. The summed E-state index contributed by atoms with van der Waals surface area (Å²) in [7, 11) is 0. The Bertz CT molecular complexity index is 490. The van der Waals surface area contributed by atoms with Gasteiger partial charge in [0.05, 0.1) is 16.1 Å². The number of hydrogen-bond donors (Lipinski definition) is 1. The molecule has 0 radical (unpaired) electrons. The van der Waals surface area contributed by atoms with Crippen molar-refractivity contribution in [1.29, 1.82) is 0 Å². The number of hydrogen-bond acceptors (Lipinski definition) is 2. The molecule has 2 rings (SSSR count). The number of halogens is 2. The lowest BCUT2D eigenvalue weighted by Gasteiger charge is -2.42. The molecule has 0 aliphatic carbocycles. The van der Waals surface area contributed by atoms with Gasteiger partial charge in [-0.15, -0.1) is 0 Å². The molecule has 1 aromatic carbocycles. The highest BCUT2D eigenvalue weighted by molar-refractivity contribution is 6.42. The summed E-state index contributed by atoms with van der Waals surface area (Å²) in [5.74, 6) is 0.146. The van der Waals surface area contributed by atoms with E-state index in [0.717, 1.165) is 5.56 Å². The molecule has 1 aliphatic heterocycles. The standard InChI is InChI=1S/C14H18Cl2N2O/c1-8(2)18-13(19)6-5-12(17)14(18)9-3-4-10(15)11(16)7-9/h3-4,7-8,12,14H,5-6,17H2,1-2H3. The lowest BCUT2D eigenvalue weighted by atomic mass is 9.89. The molecule has 1 saturated heterocycles. The zero-order valence-corrected chi connectivity index (χ0v) is 12.6. The molecule has 2 unspecified atom stereocenters. The number of nitrogens with zero attached hydrogens (tertiary/aromatic N) is 1. The molecule has 1 aliphatic rings.